The minimum Gasteiger partial charge on any atom is -0.481 e. The summed E-state index contributed by atoms with van der Waals surface area (Å²) in [5.41, 5.74) is 0.981. The highest BCUT2D eigenvalue weighted by molar-refractivity contribution is 7.92. The van der Waals surface area contributed by atoms with E-state index in [9.17, 15) is 21.6 Å². The fourth-order valence-corrected chi connectivity index (χ4v) is 6.00. The summed E-state index contributed by atoms with van der Waals surface area (Å²) in [5.74, 6) is -0.917. The van der Waals surface area contributed by atoms with Crippen molar-refractivity contribution in [2.75, 3.05) is 17.8 Å². The van der Waals surface area contributed by atoms with Crippen molar-refractivity contribution in [1.29, 1.82) is 0 Å². The van der Waals surface area contributed by atoms with Gasteiger partial charge in [-0.1, -0.05) is 25.0 Å². The van der Waals surface area contributed by atoms with E-state index in [4.69, 9.17) is 5.11 Å². The van der Waals surface area contributed by atoms with Crippen LogP contribution in [0.4, 0.5) is 5.69 Å². The molecule has 0 spiro atoms. The maximum atomic E-state index is 12.8. The second kappa shape index (κ2) is 9.80. The number of hydrogen-bond acceptors (Lipinski definition) is 5. The van der Waals surface area contributed by atoms with E-state index < -0.39 is 26.0 Å². The highest BCUT2D eigenvalue weighted by Crippen LogP contribution is 2.23. The van der Waals surface area contributed by atoms with E-state index in [0.717, 1.165) is 31.2 Å². The predicted octanol–water partition coefficient (Wildman–Crippen LogP) is 3.07. The number of hydrogen-bond donors (Lipinski definition) is 2. The molecule has 10 heteroatoms. The molecule has 8 nitrogen and oxygen atoms in total. The van der Waals surface area contributed by atoms with E-state index in [1.54, 1.807) is 12.1 Å². The Balaban J connectivity index is 1.70. The fourth-order valence-electron chi connectivity index (χ4n) is 3.43. The lowest BCUT2D eigenvalue weighted by Crippen LogP contribution is -2.31. The van der Waals surface area contributed by atoms with Crippen LogP contribution in [0.1, 0.15) is 37.7 Å². The molecule has 3 rings (SSSR count). The molecule has 0 atom stereocenters. The van der Waals surface area contributed by atoms with Gasteiger partial charge in [-0.3, -0.25) is 9.52 Å². The Bertz CT molecular complexity index is 1100. The number of carbonyl (C=O) groups is 1. The van der Waals surface area contributed by atoms with Gasteiger partial charge >= 0.3 is 5.97 Å². The van der Waals surface area contributed by atoms with Gasteiger partial charge in [0.1, 0.15) is 0 Å². The van der Waals surface area contributed by atoms with Crippen LogP contribution in [-0.2, 0) is 31.3 Å². The van der Waals surface area contributed by atoms with Crippen molar-refractivity contribution < 1.29 is 26.7 Å². The Morgan fingerprint density at radius 3 is 1.94 bits per heavy atom. The molecule has 1 saturated heterocycles. The first-order chi connectivity index (χ1) is 14.7. The highest BCUT2D eigenvalue weighted by Gasteiger charge is 2.25. The van der Waals surface area contributed by atoms with E-state index in [0.29, 0.717) is 19.5 Å². The van der Waals surface area contributed by atoms with Crippen LogP contribution < -0.4 is 4.72 Å². The third-order valence-corrected chi connectivity index (χ3v) is 8.48. The molecule has 0 unspecified atom stereocenters. The van der Waals surface area contributed by atoms with Crippen LogP contribution >= 0.6 is 0 Å². The Labute approximate surface area is 183 Å². The Kier molecular flexibility index (Phi) is 7.34. The molecule has 0 bridgehead atoms. The SMILES string of the molecule is O=C(O)CCc1ccc(S(=O)(=O)Nc2ccc(S(=O)(=O)N3CCCCCC3)cc2)cc1. The first-order valence-corrected chi connectivity index (χ1v) is 13.0. The van der Waals surface area contributed by atoms with E-state index in [1.165, 1.54) is 40.7 Å². The van der Waals surface area contributed by atoms with Crippen molar-refractivity contribution in [1.82, 2.24) is 4.31 Å². The van der Waals surface area contributed by atoms with Gasteiger partial charge in [-0.15, -0.1) is 0 Å². The molecule has 0 aliphatic carbocycles. The second-order valence-electron chi connectivity index (χ2n) is 7.49. The van der Waals surface area contributed by atoms with Gasteiger partial charge in [0, 0.05) is 25.2 Å². The van der Waals surface area contributed by atoms with Crippen molar-refractivity contribution in [2.45, 2.75) is 48.3 Å². The number of rotatable bonds is 8. The van der Waals surface area contributed by atoms with Crippen LogP contribution in [0.3, 0.4) is 0 Å². The van der Waals surface area contributed by atoms with E-state index in [2.05, 4.69) is 4.72 Å². The quantitative estimate of drug-likeness (QED) is 0.617. The molecule has 168 valence electrons. The number of benzene rings is 2. The summed E-state index contributed by atoms with van der Waals surface area (Å²) in [6.45, 7) is 0.998. The van der Waals surface area contributed by atoms with Gasteiger partial charge in [-0.05, 0) is 61.2 Å². The summed E-state index contributed by atoms with van der Waals surface area (Å²) >= 11 is 0. The molecule has 2 aromatic carbocycles. The van der Waals surface area contributed by atoms with Crippen molar-refractivity contribution >= 4 is 31.7 Å². The van der Waals surface area contributed by atoms with E-state index in [-0.39, 0.29) is 21.9 Å². The number of nitrogens with one attached hydrogen (secondary N) is 1. The smallest absolute Gasteiger partial charge is 0.303 e. The van der Waals surface area contributed by atoms with Gasteiger partial charge in [-0.25, -0.2) is 16.8 Å². The molecule has 0 saturated carbocycles. The number of carboxylic acid groups (broad SMARTS) is 1. The van der Waals surface area contributed by atoms with E-state index >= 15 is 0 Å². The van der Waals surface area contributed by atoms with Crippen molar-refractivity contribution in [3.05, 3.63) is 54.1 Å². The average molecular weight is 467 g/mol. The highest BCUT2D eigenvalue weighted by atomic mass is 32.2. The minimum atomic E-state index is -3.86. The first kappa shape index (κ1) is 23.2. The van der Waals surface area contributed by atoms with Crippen LogP contribution in [0.25, 0.3) is 0 Å². The zero-order valence-corrected chi connectivity index (χ0v) is 18.7. The monoisotopic (exact) mass is 466 g/mol. The molecular weight excluding hydrogens is 440 g/mol. The van der Waals surface area contributed by atoms with Crippen LogP contribution in [0, 0.1) is 0 Å². The van der Waals surface area contributed by atoms with Crippen LogP contribution in [0.5, 0.6) is 0 Å². The Morgan fingerprint density at radius 2 is 1.39 bits per heavy atom. The van der Waals surface area contributed by atoms with Crippen LogP contribution in [0.15, 0.2) is 58.3 Å². The summed E-state index contributed by atoms with van der Waals surface area (Å²) in [6, 6.07) is 11.7. The molecule has 0 radical (unpaired) electrons. The van der Waals surface area contributed by atoms with Crippen molar-refractivity contribution in [3.63, 3.8) is 0 Å². The third kappa shape index (κ3) is 6.05. The average Bonchev–Trinajstić information content (AvgIpc) is 3.03. The number of carboxylic acids is 1. The molecule has 2 aromatic rings. The molecule has 0 aromatic heterocycles. The standard InChI is InChI=1S/C21H26N2O6S2/c24-21(25)14-7-17-5-10-19(11-6-17)30(26,27)22-18-8-12-20(13-9-18)31(28,29)23-15-3-1-2-4-16-23/h5-6,8-13,22H,1-4,7,14-16H2,(H,24,25). The number of anilines is 1. The van der Waals surface area contributed by atoms with Gasteiger partial charge < -0.3 is 5.11 Å². The van der Waals surface area contributed by atoms with Gasteiger partial charge in [0.05, 0.1) is 9.79 Å². The van der Waals surface area contributed by atoms with Gasteiger partial charge in [-0.2, -0.15) is 4.31 Å². The number of aryl methyl sites for hydroxylation is 1. The summed E-state index contributed by atoms with van der Waals surface area (Å²) < 4.78 is 54.8. The number of aliphatic carboxylic acids is 1. The summed E-state index contributed by atoms with van der Waals surface area (Å²) in [4.78, 5) is 10.8. The largest absolute Gasteiger partial charge is 0.481 e. The first-order valence-electron chi connectivity index (χ1n) is 10.1. The lowest BCUT2D eigenvalue weighted by atomic mass is 10.1. The summed E-state index contributed by atoms with van der Waals surface area (Å²) in [6.07, 6.45) is 4.01. The zero-order chi connectivity index (χ0) is 22.5. The van der Waals surface area contributed by atoms with Crippen molar-refractivity contribution in [3.8, 4) is 0 Å². The fraction of sp³-hybridized carbons (Fsp3) is 0.381. The maximum absolute atomic E-state index is 12.8. The Morgan fingerprint density at radius 1 is 0.839 bits per heavy atom. The molecule has 31 heavy (non-hydrogen) atoms. The minimum absolute atomic E-state index is 0.0307. The molecule has 1 aliphatic rings. The zero-order valence-electron chi connectivity index (χ0n) is 17.0. The number of nitrogens with zero attached hydrogens (tertiary/aromatic N) is 1. The number of sulfonamides is 2. The molecule has 1 aliphatic heterocycles. The summed E-state index contributed by atoms with van der Waals surface area (Å²) in [7, 11) is -7.46. The molecular formula is C21H26N2O6S2. The summed E-state index contributed by atoms with van der Waals surface area (Å²) in [5, 5.41) is 8.73. The van der Waals surface area contributed by atoms with Crippen LogP contribution in [-0.4, -0.2) is 45.3 Å². The van der Waals surface area contributed by atoms with E-state index in [1.807, 2.05) is 0 Å². The maximum Gasteiger partial charge on any atom is 0.303 e. The van der Waals surface area contributed by atoms with Gasteiger partial charge in [0.15, 0.2) is 0 Å². The predicted molar refractivity (Wildman–Crippen MR) is 117 cm³/mol. The molecule has 0 amide bonds. The van der Waals surface area contributed by atoms with Crippen molar-refractivity contribution in [2.24, 2.45) is 0 Å². The van der Waals surface area contributed by atoms with Gasteiger partial charge in [0.25, 0.3) is 10.0 Å². The lowest BCUT2D eigenvalue weighted by Gasteiger charge is -2.20. The molecule has 2 N–H and O–H groups in total. The lowest BCUT2D eigenvalue weighted by molar-refractivity contribution is -0.136. The van der Waals surface area contributed by atoms with Gasteiger partial charge in [0.2, 0.25) is 10.0 Å². The normalized spacial score (nSPS) is 15.9. The molecule has 1 heterocycles. The second-order valence-corrected chi connectivity index (χ2v) is 11.1. The molecule has 1 fully saturated rings. The Hall–Kier alpha value is -2.43. The third-order valence-electron chi connectivity index (χ3n) is 5.17. The van der Waals surface area contributed by atoms with Crippen LogP contribution in [0.2, 0.25) is 0 Å². The topological polar surface area (TPSA) is 121 Å².